The minimum atomic E-state index is 0.0277. The van der Waals surface area contributed by atoms with E-state index >= 15 is 0 Å². The van der Waals surface area contributed by atoms with Crippen molar-refractivity contribution < 1.29 is 9.21 Å². The van der Waals surface area contributed by atoms with Gasteiger partial charge in [0.05, 0.1) is 0 Å². The summed E-state index contributed by atoms with van der Waals surface area (Å²) in [5.41, 5.74) is 8.55. The lowest BCUT2D eigenvalue weighted by molar-refractivity contribution is -0.119. The third-order valence-corrected chi connectivity index (χ3v) is 4.69. The summed E-state index contributed by atoms with van der Waals surface area (Å²) < 4.78 is 5.90. The van der Waals surface area contributed by atoms with Gasteiger partial charge in [-0.2, -0.15) is 0 Å². The molecule has 2 aromatic carbocycles. The van der Waals surface area contributed by atoms with E-state index in [9.17, 15) is 4.79 Å². The Kier molecular flexibility index (Phi) is 3.82. The van der Waals surface area contributed by atoms with E-state index in [4.69, 9.17) is 10.2 Å². The fraction of sp³-hybridized carbons (Fsp3) is 0.250. The molecule has 0 saturated heterocycles. The Morgan fingerprint density at radius 3 is 2.67 bits per heavy atom. The van der Waals surface area contributed by atoms with E-state index in [1.54, 1.807) is 0 Å². The van der Waals surface area contributed by atoms with Gasteiger partial charge < -0.3 is 15.5 Å². The third kappa shape index (κ3) is 2.93. The lowest BCUT2D eigenvalue weighted by Gasteiger charge is -2.10. The molecule has 0 unspecified atom stereocenters. The topological polar surface area (TPSA) is 68.3 Å². The number of carbonyl (C=O) groups is 1. The summed E-state index contributed by atoms with van der Waals surface area (Å²) in [4.78, 5) is 12.3. The first-order valence-electron chi connectivity index (χ1n) is 8.34. The van der Waals surface area contributed by atoms with Crippen LogP contribution in [0, 0.1) is 5.92 Å². The van der Waals surface area contributed by atoms with Crippen molar-refractivity contribution in [3.05, 3.63) is 54.6 Å². The Morgan fingerprint density at radius 1 is 1.08 bits per heavy atom. The Labute approximate surface area is 140 Å². The minimum Gasteiger partial charge on any atom is -0.456 e. The molecule has 1 heterocycles. The Morgan fingerprint density at radius 2 is 1.92 bits per heavy atom. The van der Waals surface area contributed by atoms with E-state index in [0.717, 1.165) is 47.2 Å². The standard InChI is InChI=1S/C20H20N2O2/c21-16-7-6-14(10-16)20(23)22-17-8-9-18-15(11-17)12-19(24-18)13-4-2-1-3-5-13/h1-5,8-9,11-12,14,16H,6-7,10,21H2,(H,22,23)/t14-,16+/m0/s1. The maximum Gasteiger partial charge on any atom is 0.227 e. The van der Waals surface area contributed by atoms with Gasteiger partial charge in [-0.1, -0.05) is 30.3 Å². The summed E-state index contributed by atoms with van der Waals surface area (Å²) in [6.07, 6.45) is 2.58. The van der Waals surface area contributed by atoms with Gasteiger partial charge in [0.25, 0.3) is 0 Å². The van der Waals surface area contributed by atoms with E-state index in [0.29, 0.717) is 0 Å². The van der Waals surface area contributed by atoms with E-state index < -0.39 is 0 Å². The number of benzene rings is 2. The van der Waals surface area contributed by atoms with Gasteiger partial charge in [-0.15, -0.1) is 0 Å². The largest absolute Gasteiger partial charge is 0.456 e. The first kappa shape index (κ1) is 15.0. The fourth-order valence-electron chi connectivity index (χ4n) is 3.36. The summed E-state index contributed by atoms with van der Waals surface area (Å²) >= 11 is 0. The van der Waals surface area contributed by atoms with Gasteiger partial charge in [0.2, 0.25) is 5.91 Å². The molecule has 122 valence electrons. The van der Waals surface area contributed by atoms with E-state index in [-0.39, 0.29) is 17.9 Å². The maximum atomic E-state index is 12.3. The molecule has 1 aromatic heterocycles. The first-order valence-corrected chi connectivity index (χ1v) is 8.34. The molecular formula is C20H20N2O2. The summed E-state index contributed by atoms with van der Waals surface area (Å²) in [6, 6.07) is 17.9. The molecule has 0 radical (unpaired) electrons. The monoisotopic (exact) mass is 320 g/mol. The second-order valence-electron chi connectivity index (χ2n) is 6.49. The number of carbonyl (C=O) groups excluding carboxylic acids is 1. The molecule has 4 nitrogen and oxygen atoms in total. The van der Waals surface area contributed by atoms with Crippen LogP contribution < -0.4 is 11.1 Å². The number of hydrogen-bond donors (Lipinski definition) is 2. The van der Waals surface area contributed by atoms with Gasteiger partial charge >= 0.3 is 0 Å². The number of nitrogens with two attached hydrogens (primary N) is 1. The van der Waals surface area contributed by atoms with Crippen LogP contribution in [0.1, 0.15) is 19.3 Å². The predicted octanol–water partition coefficient (Wildman–Crippen LogP) is 4.17. The van der Waals surface area contributed by atoms with Crippen molar-refractivity contribution in [2.24, 2.45) is 11.7 Å². The minimum absolute atomic E-state index is 0.0277. The zero-order chi connectivity index (χ0) is 16.5. The normalized spacial score (nSPS) is 20.4. The first-order chi connectivity index (χ1) is 11.7. The number of fused-ring (bicyclic) bond motifs is 1. The van der Waals surface area contributed by atoms with Crippen LogP contribution >= 0.6 is 0 Å². The van der Waals surface area contributed by atoms with Gasteiger partial charge in [-0.05, 0) is 43.5 Å². The van der Waals surface area contributed by atoms with Gasteiger partial charge in [0.15, 0.2) is 0 Å². The highest BCUT2D eigenvalue weighted by Crippen LogP contribution is 2.30. The Hall–Kier alpha value is -2.59. The van der Waals surface area contributed by atoms with Crippen LogP contribution in [-0.4, -0.2) is 11.9 Å². The van der Waals surface area contributed by atoms with Gasteiger partial charge in [0, 0.05) is 28.6 Å². The second-order valence-corrected chi connectivity index (χ2v) is 6.49. The quantitative estimate of drug-likeness (QED) is 0.761. The highest BCUT2D eigenvalue weighted by molar-refractivity contribution is 5.95. The number of furan rings is 1. The third-order valence-electron chi connectivity index (χ3n) is 4.69. The highest BCUT2D eigenvalue weighted by atomic mass is 16.3. The molecule has 0 aliphatic heterocycles. The van der Waals surface area contributed by atoms with Crippen molar-refractivity contribution in [3.63, 3.8) is 0 Å². The van der Waals surface area contributed by atoms with Crippen molar-refractivity contribution >= 4 is 22.6 Å². The van der Waals surface area contributed by atoms with Crippen molar-refractivity contribution in [2.45, 2.75) is 25.3 Å². The molecule has 2 atom stereocenters. The molecule has 1 aliphatic carbocycles. The molecule has 1 fully saturated rings. The van der Waals surface area contributed by atoms with Crippen LogP contribution in [0.4, 0.5) is 5.69 Å². The van der Waals surface area contributed by atoms with Crippen LogP contribution in [0.25, 0.3) is 22.3 Å². The molecule has 3 aromatic rings. The van der Waals surface area contributed by atoms with Crippen molar-refractivity contribution in [3.8, 4) is 11.3 Å². The summed E-state index contributed by atoms with van der Waals surface area (Å²) in [6.45, 7) is 0. The molecule has 0 bridgehead atoms. The molecule has 3 N–H and O–H groups in total. The predicted molar refractivity (Wildman–Crippen MR) is 95.6 cm³/mol. The van der Waals surface area contributed by atoms with E-state index in [2.05, 4.69) is 5.32 Å². The second kappa shape index (κ2) is 6.13. The number of amides is 1. The zero-order valence-corrected chi connectivity index (χ0v) is 13.4. The van der Waals surface area contributed by atoms with Crippen LogP contribution in [-0.2, 0) is 4.79 Å². The SMILES string of the molecule is N[C@@H]1CC[C@H](C(=O)Nc2ccc3oc(-c4ccccc4)cc3c2)C1. The molecule has 4 rings (SSSR count). The van der Waals surface area contributed by atoms with Crippen molar-refractivity contribution in [1.29, 1.82) is 0 Å². The van der Waals surface area contributed by atoms with E-state index in [1.165, 1.54) is 0 Å². The Balaban J connectivity index is 1.56. The molecule has 24 heavy (non-hydrogen) atoms. The average molecular weight is 320 g/mol. The van der Waals surface area contributed by atoms with Crippen LogP contribution in [0.2, 0.25) is 0 Å². The zero-order valence-electron chi connectivity index (χ0n) is 13.4. The smallest absolute Gasteiger partial charge is 0.227 e. The maximum absolute atomic E-state index is 12.3. The van der Waals surface area contributed by atoms with E-state index in [1.807, 2.05) is 54.6 Å². The summed E-state index contributed by atoms with van der Waals surface area (Å²) in [5, 5.41) is 3.99. The van der Waals surface area contributed by atoms with Crippen molar-refractivity contribution in [1.82, 2.24) is 0 Å². The number of rotatable bonds is 3. The van der Waals surface area contributed by atoms with Crippen LogP contribution in [0.15, 0.2) is 59.0 Å². The summed E-state index contributed by atoms with van der Waals surface area (Å²) in [7, 11) is 0. The van der Waals surface area contributed by atoms with Crippen LogP contribution in [0.3, 0.4) is 0 Å². The van der Waals surface area contributed by atoms with Gasteiger partial charge in [0.1, 0.15) is 11.3 Å². The molecule has 0 spiro atoms. The Bertz CT molecular complexity index is 870. The molecule has 1 aliphatic rings. The number of anilines is 1. The number of hydrogen-bond acceptors (Lipinski definition) is 3. The molecular weight excluding hydrogens is 300 g/mol. The molecule has 4 heteroatoms. The summed E-state index contributed by atoms with van der Waals surface area (Å²) in [5.74, 6) is 0.921. The number of nitrogens with one attached hydrogen (secondary N) is 1. The lowest BCUT2D eigenvalue weighted by atomic mass is 10.1. The average Bonchev–Trinajstić information content (AvgIpc) is 3.21. The van der Waals surface area contributed by atoms with Gasteiger partial charge in [-0.3, -0.25) is 4.79 Å². The molecule has 1 amide bonds. The lowest BCUT2D eigenvalue weighted by Crippen LogP contribution is -2.23. The van der Waals surface area contributed by atoms with Gasteiger partial charge in [-0.25, -0.2) is 0 Å². The fourth-order valence-corrected chi connectivity index (χ4v) is 3.36. The van der Waals surface area contributed by atoms with Crippen LogP contribution in [0.5, 0.6) is 0 Å². The van der Waals surface area contributed by atoms with Crippen molar-refractivity contribution in [2.75, 3.05) is 5.32 Å². The molecule has 1 saturated carbocycles. The highest BCUT2D eigenvalue weighted by Gasteiger charge is 2.27.